The highest BCUT2D eigenvalue weighted by Gasteiger charge is 1.94. The molecule has 0 aromatic carbocycles. The van der Waals surface area contributed by atoms with Gasteiger partial charge in [-0.3, -0.25) is 0 Å². The summed E-state index contributed by atoms with van der Waals surface area (Å²) in [5, 5.41) is 3.44. The predicted molar refractivity (Wildman–Crippen MR) is 43.3 cm³/mol. The Morgan fingerprint density at radius 2 is 2.44 bits per heavy atom. The van der Waals surface area contributed by atoms with Gasteiger partial charge in [0.2, 0.25) is 0 Å². The van der Waals surface area contributed by atoms with E-state index in [0.29, 0.717) is 0 Å². The molecule has 9 heavy (non-hydrogen) atoms. The van der Waals surface area contributed by atoms with Crippen LogP contribution in [0.2, 0.25) is 0 Å². The molecule has 0 saturated heterocycles. The van der Waals surface area contributed by atoms with Gasteiger partial charge in [-0.1, -0.05) is 0 Å². The van der Waals surface area contributed by atoms with E-state index in [-0.39, 0.29) is 0 Å². The third kappa shape index (κ3) is 1.45. The molecule has 1 aromatic rings. The van der Waals surface area contributed by atoms with Crippen LogP contribution < -0.4 is 4.90 Å². The molecule has 1 nitrogen and oxygen atoms in total. The van der Waals surface area contributed by atoms with Gasteiger partial charge in [-0.05, 0) is 24.4 Å². The lowest BCUT2D eigenvalue weighted by Crippen LogP contribution is -2.13. The SMILES string of the molecule is CCN(C)c1cccs1. The molecule has 1 rings (SSSR count). The van der Waals surface area contributed by atoms with Gasteiger partial charge >= 0.3 is 0 Å². The number of rotatable bonds is 2. The molecule has 1 heterocycles. The second kappa shape index (κ2) is 2.87. The minimum Gasteiger partial charge on any atom is -0.367 e. The maximum Gasteiger partial charge on any atom is 0.0905 e. The summed E-state index contributed by atoms with van der Waals surface area (Å²) in [5.41, 5.74) is 0. The third-order valence-electron chi connectivity index (χ3n) is 1.36. The Hall–Kier alpha value is -0.500. The molecule has 50 valence electrons. The number of hydrogen-bond acceptors (Lipinski definition) is 2. The minimum atomic E-state index is 1.08. The van der Waals surface area contributed by atoms with Crippen molar-refractivity contribution in [3.05, 3.63) is 17.5 Å². The average molecular weight is 141 g/mol. The standard InChI is InChI=1S/C7H11NS/c1-3-8(2)7-5-4-6-9-7/h4-6H,3H2,1-2H3. The molecular formula is C7H11NS. The molecule has 0 atom stereocenters. The van der Waals surface area contributed by atoms with Crippen molar-refractivity contribution in [2.24, 2.45) is 0 Å². The maximum absolute atomic E-state index is 2.23. The van der Waals surface area contributed by atoms with Crippen LogP contribution in [-0.4, -0.2) is 13.6 Å². The summed E-state index contributed by atoms with van der Waals surface area (Å²) in [7, 11) is 2.10. The second-order valence-corrected chi connectivity index (χ2v) is 2.89. The van der Waals surface area contributed by atoms with E-state index in [4.69, 9.17) is 0 Å². The quantitative estimate of drug-likeness (QED) is 0.610. The topological polar surface area (TPSA) is 3.24 Å². The molecule has 0 unspecified atom stereocenters. The first kappa shape index (κ1) is 6.62. The van der Waals surface area contributed by atoms with Crippen molar-refractivity contribution in [3.63, 3.8) is 0 Å². The Morgan fingerprint density at radius 3 is 2.89 bits per heavy atom. The van der Waals surface area contributed by atoms with Gasteiger partial charge in [0, 0.05) is 13.6 Å². The van der Waals surface area contributed by atoms with Crippen molar-refractivity contribution < 1.29 is 0 Å². The largest absolute Gasteiger partial charge is 0.367 e. The van der Waals surface area contributed by atoms with E-state index in [0.717, 1.165) is 6.54 Å². The van der Waals surface area contributed by atoms with Gasteiger partial charge in [0.1, 0.15) is 0 Å². The highest BCUT2D eigenvalue weighted by atomic mass is 32.1. The first-order valence-corrected chi connectivity index (χ1v) is 3.97. The van der Waals surface area contributed by atoms with Crippen LogP contribution in [0.4, 0.5) is 5.00 Å². The Morgan fingerprint density at radius 1 is 1.67 bits per heavy atom. The van der Waals surface area contributed by atoms with Crippen LogP contribution in [-0.2, 0) is 0 Å². The van der Waals surface area contributed by atoms with Crippen molar-refractivity contribution in [1.82, 2.24) is 0 Å². The van der Waals surface area contributed by atoms with Crippen LogP contribution in [0.3, 0.4) is 0 Å². The van der Waals surface area contributed by atoms with Crippen LogP contribution in [0, 0.1) is 0 Å². The van der Waals surface area contributed by atoms with E-state index in [1.54, 1.807) is 11.3 Å². The van der Waals surface area contributed by atoms with Gasteiger partial charge in [0.15, 0.2) is 0 Å². The summed E-state index contributed by atoms with van der Waals surface area (Å²) in [6.07, 6.45) is 0. The van der Waals surface area contributed by atoms with Crippen molar-refractivity contribution in [3.8, 4) is 0 Å². The lowest BCUT2D eigenvalue weighted by Gasteiger charge is -2.12. The van der Waals surface area contributed by atoms with Crippen molar-refractivity contribution in [1.29, 1.82) is 0 Å². The monoisotopic (exact) mass is 141 g/mol. The zero-order chi connectivity index (χ0) is 6.69. The van der Waals surface area contributed by atoms with Crippen molar-refractivity contribution in [2.75, 3.05) is 18.5 Å². The molecule has 0 spiro atoms. The molecule has 0 aliphatic carbocycles. The van der Waals surface area contributed by atoms with Crippen molar-refractivity contribution in [2.45, 2.75) is 6.92 Å². The second-order valence-electron chi connectivity index (χ2n) is 1.97. The molecule has 0 amide bonds. The predicted octanol–water partition coefficient (Wildman–Crippen LogP) is 2.20. The lowest BCUT2D eigenvalue weighted by atomic mass is 10.5. The Kier molecular flexibility index (Phi) is 2.11. The maximum atomic E-state index is 2.23. The summed E-state index contributed by atoms with van der Waals surface area (Å²) in [6, 6.07) is 4.21. The summed E-state index contributed by atoms with van der Waals surface area (Å²) in [4.78, 5) is 2.23. The van der Waals surface area contributed by atoms with Crippen LogP contribution in [0.1, 0.15) is 6.92 Å². The summed E-state index contributed by atoms with van der Waals surface area (Å²) < 4.78 is 0. The first-order chi connectivity index (χ1) is 4.34. The van der Waals surface area contributed by atoms with E-state index in [1.165, 1.54) is 5.00 Å². The van der Waals surface area contributed by atoms with Gasteiger partial charge in [-0.2, -0.15) is 0 Å². The fraction of sp³-hybridized carbons (Fsp3) is 0.429. The van der Waals surface area contributed by atoms with Crippen LogP contribution in [0.25, 0.3) is 0 Å². The summed E-state index contributed by atoms with van der Waals surface area (Å²) in [5.74, 6) is 0. The Bertz CT molecular complexity index is 157. The molecule has 0 saturated carbocycles. The Balaban J connectivity index is 2.65. The van der Waals surface area contributed by atoms with Gasteiger partial charge in [0.25, 0.3) is 0 Å². The molecule has 0 N–H and O–H groups in total. The molecular weight excluding hydrogens is 130 g/mol. The molecule has 0 radical (unpaired) electrons. The van der Waals surface area contributed by atoms with Gasteiger partial charge in [0.05, 0.1) is 5.00 Å². The van der Waals surface area contributed by atoms with Crippen LogP contribution in [0.15, 0.2) is 17.5 Å². The van der Waals surface area contributed by atoms with E-state index < -0.39 is 0 Å². The lowest BCUT2D eigenvalue weighted by molar-refractivity contribution is 0.982. The molecule has 0 aliphatic rings. The van der Waals surface area contributed by atoms with E-state index in [2.05, 4.69) is 36.4 Å². The fourth-order valence-electron chi connectivity index (χ4n) is 0.643. The normalized spacial score (nSPS) is 9.56. The van der Waals surface area contributed by atoms with Gasteiger partial charge in [-0.15, -0.1) is 11.3 Å². The van der Waals surface area contributed by atoms with E-state index in [1.807, 2.05) is 0 Å². The van der Waals surface area contributed by atoms with Crippen LogP contribution >= 0.6 is 11.3 Å². The minimum absolute atomic E-state index is 1.08. The van der Waals surface area contributed by atoms with E-state index in [9.17, 15) is 0 Å². The molecule has 0 aliphatic heterocycles. The smallest absolute Gasteiger partial charge is 0.0905 e. The molecule has 1 aromatic heterocycles. The summed E-state index contributed by atoms with van der Waals surface area (Å²) >= 11 is 1.78. The molecule has 0 bridgehead atoms. The zero-order valence-electron chi connectivity index (χ0n) is 5.79. The fourth-order valence-corrected chi connectivity index (χ4v) is 1.41. The van der Waals surface area contributed by atoms with E-state index >= 15 is 0 Å². The number of nitrogens with zero attached hydrogens (tertiary/aromatic N) is 1. The third-order valence-corrected chi connectivity index (χ3v) is 2.34. The molecule has 0 fully saturated rings. The zero-order valence-corrected chi connectivity index (χ0v) is 6.61. The highest BCUT2D eigenvalue weighted by molar-refractivity contribution is 7.14. The number of hydrogen-bond donors (Lipinski definition) is 0. The Labute approximate surface area is 59.9 Å². The van der Waals surface area contributed by atoms with Gasteiger partial charge < -0.3 is 4.90 Å². The summed E-state index contributed by atoms with van der Waals surface area (Å²) in [6.45, 7) is 3.24. The number of anilines is 1. The highest BCUT2D eigenvalue weighted by Crippen LogP contribution is 2.18. The first-order valence-electron chi connectivity index (χ1n) is 3.09. The van der Waals surface area contributed by atoms with Crippen molar-refractivity contribution >= 4 is 16.3 Å². The van der Waals surface area contributed by atoms with Gasteiger partial charge in [-0.25, -0.2) is 0 Å². The molecule has 2 heteroatoms. The van der Waals surface area contributed by atoms with Crippen LogP contribution in [0.5, 0.6) is 0 Å². The number of thiophene rings is 1. The average Bonchev–Trinajstić information content (AvgIpc) is 2.37.